The molecule has 3 aromatic rings. The first kappa shape index (κ1) is 19.3. The fourth-order valence-corrected chi connectivity index (χ4v) is 3.03. The first-order valence-corrected chi connectivity index (χ1v) is 9.20. The van der Waals surface area contributed by atoms with E-state index in [1.165, 1.54) is 0 Å². The summed E-state index contributed by atoms with van der Waals surface area (Å²) in [5.41, 5.74) is 1.91. The van der Waals surface area contributed by atoms with Crippen molar-refractivity contribution in [2.75, 3.05) is 12.4 Å². The molecule has 140 valence electrons. The molecule has 1 aromatic heterocycles. The van der Waals surface area contributed by atoms with Gasteiger partial charge in [-0.15, -0.1) is 0 Å². The highest BCUT2D eigenvalue weighted by molar-refractivity contribution is 6.42. The van der Waals surface area contributed by atoms with Crippen LogP contribution in [0.3, 0.4) is 0 Å². The standard InChI is InChI=1S/C20H19Cl2N3O2/c1-27-16-8-5-14(6-9-16)7-10-19(26)24-18-11-12-23-25(18)13-15-3-2-4-17(21)20(15)22/h2-6,8-9,11-12H,7,10,13H2,1H3,(H,24,26). The SMILES string of the molecule is COc1ccc(CCC(=O)Nc2ccnn2Cc2cccc(Cl)c2Cl)cc1. The monoisotopic (exact) mass is 403 g/mol. The number of rotatable bonds is 7. The molecule has 0 bridgehead atoms. The predicted molar refractivity (Wildman–Crippen MR) is 108 cm³/mol. The van der Waals surface area contributed by atoms with Crippen LogP contribution >= 0.6 is 23.2 Å². The van der Waals surface area contributed by atoms with Gasteiger partial charge in [0.15, 0.2) is 0 Å². The van der Waals surface area contributed by atoms with Crippen LogP contribution in [0.1, 0.15) is 17.5 Å². The Labute approximate surface area is 167 Å². The molecule has 0 aliphatic heterocycles. The Hall–Kier alpha value is -2.50. The molecule has 0 fully saturated rings. The maximum Gasteiger partial charge on any atom is 0.225 e. The van der Waals surface area contributed by atoms with Crippen molar-refractivity contribution in [2.45, 2.75) is 19.4 Å². The average Bonchev–Trinajstić information content (AvgIpc) is 3.11. The summed E-state index contributed by atoms with van der Waals surface area (Å²) in [6.07, 6.45) is 2.65. The van der Waals surface area contributed by atoms with Crippen LogP contribution in [0, 0.1) is 0 Å². The highest BCUT2D eigenvalue weighted by Crippen LogP contribution is 2.26. The predicted octanol–water partition coefficient (Wildman–Crippen LogP) is 4.82. The summed E-state index contributed by atoms with van der Waals surface area (Å²) < 4.78 is 6.82. The molecule has 0 spiro atoms. The van der Waals surface area contributed by atoms with Gasteiger partial charge in [0.25, 0.3) is 0 Å². The van der Waals surface area contributed by atoms with Crippen LogP contribution < -0.4 is 10.1 Å². The number of methoxy groups -OCH3 is 1. The van der Waals surface area contributed by atoms with Crippen LogP contribution in [0.15, 0.2) is 54.7 Å². The van der Waals surface area contributed by atoms with Crippen molar-refractivity contribution in [3.05, 3.63) is 75.9 Å². The zero-order valence-corrected chi connectivity index (χ0v) is 16.3. The van der Waals surface area contributed by atoms with Crippen molar-refractivity contribution in [3.63, 3.8) is 0 Å². The Bertz CT molecular complexity index is 923. The van der Waals surface area contributed by atoms with Crippen molar-refractivity contribution < 1.29 is 9.53 Å². The van der Waals surface area contributed by atoms with Gasteiger partial charge in [0, 0.05) is 12.5 Å². The summed E-state index contributed by atoms with van der Waals surface area (Å²) in [5.74, 6) is 1.34. The largest absolute Gasteiger partial charge is 0.497 e. The Morgan fingerprint density at radius 2 is 1.93 bits per heavy atom. The van der Waals surface area contributed by atoms with Gasteiger partial charge in [-0.3, -0.25) is 4.79 Å². The lowest BCUT2D eigenvalue weighted by Gasteiger charge is -2.11. The van der Waals surface area contributed by atoms with Crippen LogP contribution in [0.5, 0.6) is 5.75 Å². The molecule has 2 aromatic carbocycles. The lowest BCUT2D eigenvalue weighted by Crippen LogP contribution is -2.16. The van der Waals surface area contributed by atoms with E-state index in [1.807, 2.05) is 36.4 Å². The molecule has 0 unspecified atom stereocenters. The van der Waals surface area contributed by atoms with Gasteiger partial charge in [0.2, 0.25) is 5.91 Å². The van der Waals surface area contributed by atoms with Crippen LogP contribution in [-0.2, 0) is 17.8 Å². The molecule has 1 N–H and O–H groups in total. The molecule has 27 heavy (non-hydrogen) atoms. The second kappa shape index (κ2) is 8.93. The maximum absolute atomic E-state index is 12.3. The molecular formula is C20H19Cl2N3O2. The van der Waals surface area contributed by atoms with Gasteiger partial charge < -0.3 is 10.1 Å². The number of halogens is 2. The van der Waals surface area contributed by atoms with Crippen LogP contribution in [0.4, 0.5) is 5.82 Å². The zero-order chi connectivity index (χ0) is 19.2. The highest BCUT2D eigenvalue weighted by Gasteiger charge is 2.11. The summed E-state index contributed by atoms with van der Waals surface area (Å²) in [7, 11) is 1.63. The molecule has 5 nitrogen and oxygen atoms in total. The topological polar surface area (TPSA) is 56.1 Å². The summed E-state index contributed by atoms with van der Waals surface area (Å²) in [6.45, 7) is 0.417. The smallest absolute Gasteiger partial charge is 0.225 e. The van der Waals surface area contributed by atoms with Gasteiger partial charge >= 0.3 is 0 Å². The molecule has 7 heteroatoms. The number of benzene rings is 2. The summed E-state index contributed by atoms with van der Waals surface area (Å²) in [4.78, 5) is 12.3. The molecule has 0 saturated carbocycles. The number of carbonyl (C=O) groups is 1. The van der Waals surface area contributed by atoms with Crippen molar-refractivity contribution in [1.29, 1.82) is 0 Å². The molecule has 0 radical (unpaired) electrons. The molecule has 0 aliphatic rings. The van der Waals surface area contributed by atoms with Gasteiger partial charge in [-0.05, 0) is 35.7 Å². The lowest BCUT2D eigenvalue weighted by atomic mass is 10.1. The number of anilines is 1. The van der Waals surface area contributed by atoms with E-state index >= 15 is 0 Å². The summed E-state index contributed by atoms with van der Waals surface area (Å²) in [6, 6.07) is 14.9. The fraction of sp³-hybridized carbons (Fsp3) is 0.200. The Morgan fingerprint density at radius 1 is 1.15 bits per heavy atom. The molecule has 1 heterocycles. The summed E-state index contributed by atoms with van der Waals surface area (Å²) in [5, 5.41) is 8.14. The van der Waals surface area contributed by atoms with Crippen molar-refractivity contribution in [2.24, 2.45) is 0 Å². The van der Waals surface area contributed by atoms with Crippen LogP contribution in [0.25, 0.3) is 0 Å². The Balaban J connectivity index is 1.60. The van der Waals surface area contributed by atoms with Crippen molar-refractivity contribution >= 4 is 34.9 Å². The third kappa shape index (κ3) is 5.02. The Morgan fingerprint density at radius 3 is 2.67 bits per heavy atom. The van der Waals surface area contributed by atoms with E-state index in [0.29, 0.717) is 35.2 Å². The third-order valence-corrected chi connectivity index (χ3v) is 4.99. The number of aryl methyl sites for hydroxylation is 1. The minimum absolute atomic E-state index is 0.0789. The van der Waals surface area contributed by atoms with E-state index in [9.17, 15) is 4.79 Å². The average molecular weight is 404 g/mol. The second-order valence-electron chi connectivity index (χ2n) is 5.98. The normalized spacial score (nSPS) is 10.6. The van der Waals surface area contributed by atoms with E-state index in [-0.39, 0.29) is 5.91 Å². The van der Waals surface area contributed by atoms with Gasteiger partial charge in [-0.25, -0.2) is 4.68 Å². The molecule has 0 atom stereocenters. The van der Waals surface area contributed by atoms with E-state index in [1.54, 1.807) is 30.1 Å². The molecule has 0 aliphatic carbocycles. The first-order valence-electron chi connectivity index (χ1n) is 8.44. The van der Waals surface area contributed by atoms with E-state index in [0.717, 1.165) is 16.9 Å². The van der Waals surface area contributed by atoms with Crippen LogP contribution in [0.2, 0.25) is 10.0 Å². The van der Waals surface area contributed by atoms with E-state index in [4.69, 9.17) is 27.9 Å². The number of amides is 1. The minimum atomic E-state index is -0.0789. The second-order valence-corrected chi connectivity index (χ2v) is 6.77. The third-order valence-electron chi connectivity index (χ3n) is 4.14. The summed E-state index contributed by atoms with van der Waals surface area (Å²) >= 11 is 12.3. The Kier molecular flexibility index (Phi) is 6.37. The number of hydrogen-bond acceptors (Lipinski definition) is 3. The zero-order valence-electron chi connectivity index (χ0n) is 14.8. The van der Waals surface area contributed by atoms with Gasteiger partial charge in [0.1, 0.15) is 11.6 Å². The maximum atomic E-state index is 12.3. The molecule has 0 saturated heterocycles. The van der Waals surface area contributed by atoms with E-state index < -0.39 is 0 Å². The first-order chi connectivity index (χ1) is 13.1. The van der Waals surface area contributed by atoms with E-state index in [2.05, 4.69) is 10.4 Å². The van der Waals surface area contributed by atoms with Crippen LogP contribution in [-0.4, -0.2) is 22.8 Å². The van der Waals surface area contributed by atoms with Crippen molar-refractivity contribution in [3.8, 4) is 5.75 Å². The fourth-order valence-electron chi connectivity index (χ4n) is 2.65. The molecular weight excluding hydrogens is 385 g/mol. The van der Waals surface area contributed by atoms with Gasteiger partial charge in [-0.1, -0.05) is 47.5 Å². The minimum Gasteiger partial charge on any atom is -0.497 e. The van der Waals surface area contributed by atoms with Crippen molar-refractivity contribution in [1.82, 2.24) is 9.78 Å². The molecule has 3 rings (SSSR count). The highest BCUT2D eigenvalue weighted by atomic mass is 35.5. The number of nitrogens with one attached hydrogen (secondary N) is 1. The van der Waals surface area contributed by atoms with Gasteiger partial charge in [-0.2, -0.15) is 5.10 Å². The number of ether oxygens (including phenoxy) is 1. The number of nitrogens with zero attached hydrogens (tertiary/aromatic N) is 2. The quantitative estimate of drug-likeness (QED) is 0.615. The lowest BCUT2D eigenvalue weighted by molar-refractivity contribution is -0.116. The number of aromatic nitrogens is 2. The number of hydrogen-bond donors (Lipinski definition) is 1. The molecule has 1 amide bonds. The van der Waals surface area contributed by atoms with Gasteiger partial charge in [0.05, 0.1) is 29.9 Å². The number of carbonyl (C=O) groups excluding carboxylic acids is 1.